The molecule has 1 N–H and O–H groups in total. The molecule has 0 aromatic heterocycles. The first-order valence-electron chi connectivity index (χ1n) is 11.9. The van der Waals surface area contributed by atoms with Gasteiger partial charge in [0.15, 0.2) is 0 Å². The lowest BCUT2D eigenvalue weighted by Crippen LogP contribution is -2.61. The Morgan fingerprint density at radius 3 is 2.65 bits per heavy atom. The number of nitrogens with zero attached hydrogens (tertiary/aromatic N) is 2. The van der Waals surface area contributed by atoms with Crippen LogP contribution in [0.1, 0.15) is 11.1 Å². The molecule has 6 heteroatoms. The van der Waals surface area contributed by atoms with Gasteiger partial charge in [-0.2, -0.15) is 0 Å². The van der Waals surface area contributed by atoms with Crippen molar-refractivity contribution in [3.8, 4) is 5.75 Å². The second kappa shape index (κ2) is 9.98. The van der Waals surface area contributed by atoms with Gasteiger partial charge in [-0.05, 0) is 48.2 Å². The molecule has 0 aliphatic carbocycles. The number of amides is 1. The van der Waals surface area contributed by atoms with Crippen molar-refractivity contribution in [1.29, 1.82) is 0 Å². The number of nitrogens with one attached hydrogen (secondary N) is 1. The summed E-state index contributed by atoms with van der Waals surface area (Å²) in [5.74, 6) is 0.803. The zero-order chi connectivity index (χ0) is 23.5. The largest absolute Gasteiger partial charge is 0.495 e. The molecule has 176 valence electrons. The normalized spacial score (nSPS) is 19.2. The third kappa shape index (κ3) is 4.58. The van der Waals surface area contributed by atoms with Gasteiger partial charge < -0.3 is 19.9 Å². The summed E-state index contributed by atoms with van der Waals surface area (Å²) in [6.45, 7) is 3.05. The van der Waals surface area contributed by atoms with E-state index in [1.54, 1.807) is 7.11 Å². The van der Waals surface area contributed by atoms with Gasteiger partial charge in [0.25, 0.3) is 0 Å². The molecule has 5 nitrogen and oxygen atoms in total. The van der Waals surface area contributed by atoms with E-state index < -0.39 is 0 Å². The molecule has 2 atom stereocenters. The average molecular weight is 476 g/mol. The van der Waals surface area contributed by atoms with Crippen LogP contribution in [0.5, 0.6) is 5.75 Å². The Hall–Kier alpha value is -3.18. The molecule has 5 rings (SSSR count). The number of fused-ring (bicyclic) bond motifs is 3. The van der Waals surface area contributed by atoms with Crippen molar-refractivity contribution in [2.75, 3.05) is 43.1 Å². The number of halogens is 1. The lowest BCUT2D eigenvalue weighted by Gasteiger charge is -2.49. The molecule has 3 aromatic rings. The topological polar surface area (TPSA) is 44.8 Å². The third-order valence-corrected chi connectivity index (χ3v) is 7.23. The van der Waals surface area contributed by atoms with E-state index in [2.05, 4.69) is 51.5 Å². The predicted molar refractivity (Wildman–Crippen MR) is 138 cm³/mol. The molecular weight excluding hydrogens is 446 g/mol. The first kappa shape index (κ1) is 22.6. The molecular formula is C28H30ClN3O2. The van der Waals surface area contributed by atoms with Gasteiger partial charge in [-0.15, -0.1) is 0 Å². The zero-order valence-electron chi connectivity index (χ0n) is 19.4. The number of carbonyl (C=O) groups excluding carboxylic acids is 1. The number of para-hydroxylation sites is 1. The van der Waals surface area contributed by atoms with Crippen LogP contribution in [0.25, 0.3) is 0 Å². The molecule has 2 aliphatic rings. The molecule has 0 spiro atoms. The third-order valence-electron chi connectivity index (χ3n) is 7.00. The highest BCUT2D eigenvalue weighted by Crippen LogP contribution is 2.39. The molecule has 3 aromatic carbocycles. The number of rotatable bonds is 6. The standard InChI is InChI=1S/C28H30ClN3O2/c1-34-27-12-11-22(29)18-25(27)31-15-16-32-24-10-6-5-9-21(24)17-23(26(32)19-31)28(33)30-14-13-20-7-3-2-4-8-20/h2-12,18,23,26H,13-17,19H2,1H3,(H,30,33)/t23-,26+/m1/s1. The van der Waals surface area contributed by atoms with Crippen molar-refractivity contribution in [2.45, 2.75) is 18.9 Å². The minimum atomic E-state index is -0.126. The fraction of sp³-hybridized carbons (Fsp3) is 0.321. The van der Waals surface area contributed by atoms with E-state index in [1.165, 1.54) is 16.8 Å². The maximum atomic E-state index is 13.5. The van der Waals surface area contributed by atoms with Crippen molar-refractivity contribution in [3.63, 3.8) is 0 Å². The summed E-state index contributed by atoms with van der Waals surface area (Å²) in [4.78, 5) is 18.2. The fourth-order valence-corrected chi connectivity index (χ4v) is 5.46. The van der Waals surface area contributed by atoms with E-state index in [0.717, 1.165) is 43.9 Å². The summed E-state index contributed by atoms with van der Waals surface area (Å²) in [5.41, 5.74) is 4.71. The molecule has 2 aliphatic heterocycles. The molecule has 1 saturated heterocycles. The van der Waals surface area contributed by atoms with Crippen molar-refractivity contribution >= 4 is 28.9 Å². The van der Waals surface area contributed by atoms with Gasteiger partial charge in [0.2, 0.25) is 5.91 Å². The van der Waals surface area contributed by atoms with E-state index in [9.17, 15) is 4.79 Å². The fourth-order valence-electron chi connectivity index (χ4n) is 5.29. The van der Waals surface area contributed by atoms with Crippen LogP contribution in [-0.4, -0.2) is 45.2 Å². The molecule has 1 amide bonds. The number of ether oxygens (including phenoxy) is 1. The van der Waals surface area contributed by atoms with Gasteiger partial charge >= 0.3 is 0 Å². The van der Waals surface area contributed by atoms with Gasteiger partial charge in [-0.3, -0.25) is 4.79 Å². The van der Waals surface area contributed by atoms with Gasteiger partial charge in [-0.25, -0.2) is 0 Å². The molecule has 1 fully saturated rings. The highest BCUT2D eigenvalue weighted by molar-refractivity contribution is 6.31. The summed E-state index contributed by atoms with van der Waals surface area (Å²) in [7, 11) is 1.68. The van der Waals surface area contributed by atoms with Gasteiger partial charge in [-0.1, -0.05) is 60.1 Å². The van der Waals surface area contributed by atoms with E-state index in [0.29, 0.717) is 11.6 Å². The maximum absolute atomic E-state index is 13.5. The number of methoxy groups -OCH3 is 1. The van der Waals surface area contributed by atoms with Crippen LogP contribution >= 0.6 is 11.6 Å². The number of hydrogen-bond donors (Lipinski definition) is 1. The summed E-state index contributed by atoms with van der Waals surface area (Å²) in [6, 6.07) is 24.6. The minimum Gasteiger partial charge on any atom is -0.495 e. The van der Waals surface area contributed by atoms with Crippen LogP contribution in [-0.2, 0) is 17.6 Å². The smallest absolute Gasteiger partial charge is 0.225 e. The van der Waals surface area contributed by atoms with Crippen molar-refractivity contribution in [3.05, 3.63) is 88.9 Å². The van der Waals surface area contributed by atoms with Crippen molar-refractivity contribution in [1.82, 2.24) is 5.32 Å². The number of hydrogen-bond acceptors (Lipinski definition) is 4. The van der Waals surface area contributed by atoms with Crippen LogP contribution < -0.4 is 19.9 Å². The highest BCUT2D eigenvalue weighted by Gasteiger charge is 2.41. The molecule has 0 unspecified atom stereocenters. The van der Waals surface area contributed by atoms with Gasteiger partial charge in [0.1, 0.15) is 5.75 Å². The van der Waals surface area contributed by atoms with E-state index >= 15 is 0 Å². The van der Waals surface area contributed by atoms with Crippen LogP contribution in [0, 0.1) is 5.92 Å². The minimum absolute atomic E-state index is 0.0732. The Balaban J connectivity index is 1.37. The average Bonchev–Trinajstić information content (AvgIpc) is 2.88. The van der Waals surface area contributed by atoms with Crippen molar-refractivity contribution < 1.29 is 9.53 Å². The monoisotopic (exact) mass is 475 g/mol. The van der Waals surface area contributed by atoms with E-state index in [-0.39, 0.29) is 17.9 Å². The Morgan fingerprint density at radius 1 is 1.03 bits per heavy atom. The predicted octanol–water partition coefficient (Wildman–Crippen LogP) is 4.58. The van der Waals surface area contributed by atoms with Crippen LogP contribution in [0.15, 0.2) is 72.8 Å². The molecule has 34 heavy (non-hydrogen) atoms. The summed E-state index contributed by atoms with van der Waals surface area (Å²) in [5, 5.41) is 3.90. The molecule has 0 saturated carbocycles. The Labute approximate surface area is 206 Å². The Morgan fingerprint density at radius 2 is 1.82 bits per heavy atom. The number of carbonyl (C=O) groups is 1. The van der Waals surface area contributed by atoms with Crippen LogP contribution in [0.2, 0.25) is 5.02 Å². The molecule has 0 radical (unpaired) electrons. The Kier molecular flexibility index (Phi) is 6.63. The van der Waals surface area contributed by atoms with Gasteiger partial charge in [0, 0.05) is 36.9 Å². The highest BCUT2D eigenvalue weighted by atomic mass is 35.5. The molecule has 2 heterocycles. The summed E-state index contributed by atoms with van der Waals surface area (Å²) in [6.07, 6.45) is 1.57. The molecule has 0 bridgehead atoms. The zero-order valence-corrected chi connectivity index (χ0v) is 20.2. The number of anilines is 2. The summed E-state index contributed by atoms with van der Waals surface area (Å²) >= 11 is 6.33. The number of benzene rings is 3. The second-order valence-corrected chi connectivity index (χ2v) is 9.43. The van der Waals surface area contributed by atoms with Gasteiger partial charge in [0.05, 0.1) is 24.8 Å². The number of piperazine rings is 1. The lowest BCUT2D eigenvalue weighted by molar-refractivity contribution is -0.125. The van der Waals surface area contributed by atoms with Crippen molar-refractivity contribution in [2.24, 2.45) is 5.92 Å². The Bertz CT molecular complexity index is 1150. The lowest BCUT2D eigenvalue weighted by atomic mass is 9.83. The van der Waals surface area contributed by atoms with E-state index in [1.807, 2.05) is 36.4 Å². The summed E-state index contributed by atoms with van der Waals surface area (Å²) < 4.78 is 5.62. The van der Waals surface area contributed by atoms with E-state index in [4.69, 9.17) is 16.3 Å². The van der Waals surface area contributed by atoms with Crippen LogP contribution in [0.3, 0.4) is 0 Å². The maximum Gasteiger partial charge on any atom is 0.225 e. The van der Waals surface area contributed by atoms with Crippen LogP contribution in [0.4, 0.5) is 11.4 Å². The first-order chi connectivity index (χ1) is 16.6. The second-order valence-electron chi connectivity index (χ2n) is 8.99. The quantitative estimate of drug-likeness (QED) is 0.567. The first-order valence-corrected chi connectivity index (χ1v) is 12.3. The SMILES string of the molecule is COc1ccc(Cl)cc1N1CCN2c3ccccc3C[C@@H](C(=O)NCCc3ccccc3)[C@@H]2C1.